The zero-order valence-electron chi connectivity index (χ0n) is 12.0. The summed E-state index contributed by atoms with van der Waals surface area (Å²) < 4.78 is 0. The van der Waals surface area contributed by atoms with E-state index in [9.17, 15) is 5.11 Å². The van der Waals surface area contributed by atoms with E-state index in [-0.39, 0.29) is 5.41 Å². The van der Waals surface area contributed by atoms with Gasteiger partial charge in [-0.25, -0.2) is 4.98 Å². The van der Waals surface area contributed by atoms with E-state index in [1.807, 2.05) is 27.7 Å². The molecule has 0 amide bonds. The zero-order chi connectivity index (χ0) is 13.8. The number of aliphatic hydroxyl groups excluding tert-OH is 1. The van der Waals surface area contributed by atoms with Crippen molar-refractivity contribution in [3.8, 4) is 0 Å². The molecule has 0 fully saturated rings. The third-order valence-corrected chi connectivity index (χ3v) is 2.96. The number of aliphatic hydroxyl groups is 1. The average molecular weight is 252 g/mol. The molecule has 18 heavy (non-hydrogen) atoms. The molecule has 5 heteroatoms. The first kappa shape index (κ1) is 14.8. The van der Waals surface area contributed by atoms with Gasteiger partial charge in [-0.15, -0.1) is 5.10 Å². The van der Waals surface area contributed by atoms with Gasteiger partial charge in [-0.2, -0.15) is 5.10 Å². The lowest BCUT2D eigenvalue weighted by Crippen LogP contribution is -2.33. The predicted octanol–water partition coefficient (Wildman–Crippen LogP) is 1.82. The summed E-state index contributed by atoms with van der Waals surface area (Å²) in [6.45, 7) is 10.5. The molecule has 5 nitrogen and oxygen atoms in total. The maximum Gasteiger partial charge on any atom is 0.243 e. The Kier molecular flexibility index (Phi) is 5.02. The molecule has 0 radical (unpaired) electrons. The Hall–Kier alpha value is -1.23. The van der Waals surface area contributed by atoms with E-state index >= 15 is 0 Å². The predicted molar refractivity (Wildman–Crippen MR) is 72.5 cm³/mol. The third-order valence-electron chi connectivity index (χ3n) is 2.96. The van der Waals surface area contributed by atoms with Crippen LogP contribution in [0.3, 0.4) is 0 Å². The summed E-state index contributed by atoms with van der Waals surface area (Å²) in [7, 11) is 0. The summed E-state index contributed by atoms with van der Waals surface area (Å²) in [6, 6.07) is 0. The minimum absolute atomic E-state index is 0.155. The fourth-order valence-corrected chi connectivity index (χ4v) is 1.51. The normalized spacial score (nSPS) is 13.4. The van der Waals surface area contributed by atoms with E-state index in [1.54, 1.807) is 0 Å². The van der Waals surface area contributed by atoms with Crippen LogP contribution in [0, 0.1) is 5.41 Å². The summed E-state index contributed by atoms with van der Waals surface area (Å²) in [4.78, 5) is 4.42. The van der Waals surface area contributed by atoms with E-state index in [4.69, 9.17) is 0 Å². The van der Waals surface area contributed by atoms with Crippen LogP contribution in [0.15, 0.2) is 0 Å². The van der Waals surface area contributed by atoms with Gasteiger partial charge in [0.15, 0.2) is 0 Å². The Bertz CT molecular complexity index is 387. The Morgan fingerprint density at radius 2 is 1.72 bits per heavy atom. The van der Waals surface area contributed by atoms with Gasteiger partial charge < -0.3 is 10.4 Å². The van der Waals surface area contributed by atoms with Crippen molar-refractivity contribution in [3.05, 3.63) is 11.4 Å². The van der Waals surface area contributed by atoms with Gasteiger partial charge in [0.05, 0.1) is 17.5 Å². The van der Waals surface area contributed by atoms with E-state index < -0.39 is 6.10 Å². The highest BCUT2D eigenvalue weighted by Gasteiger charge is 2.22. The number of rotatable bonds is 5. The smallest absolute Gasteiger partial charge is 0.243 e. The largest absolute Gasteiger partial charge is 0.391 e. The van der Waals surface area contributed by atoms with Gasteiger partial charge in [-0.3, -0.25) is 0 Å². The number of aryl methyl sites for hydroxylation is 2. The highest BCUT2D eigenvalue weighted by atomic mass is 16.3. The van der Waals surface area contributed by atoms with Gasteiger partial charge in [-0.05, 0) is 18.3 Å². The standard InChI is InChI=1S/C13H24N4O/c1-6-9-10(7-2)16-17-12(15-9)14-8-11(18)13(3,4)5/h11,18H,6-8H2,1-5H3,(H,14,15,17). The van der Waals surface area contributed by atoms with Crippen molar-refractivity contribution >= 4 is 5.95 Å². The lowest BCUT2D eigenvalue weighted by Gasteiger charge is -2.25. The minimum atomic E-state index is -0.447. The Balaban J connectivity index is 2.69. The summed E-state index contributed by atoms with van der Waals surface area (Å²) in [6.07, 6.45) is 1.24. The van der Waals surface area contributed by atoms with E-state index in [1.165, 1.54) is 0 Å². The zero-order valence-corrected chi connectivity index (χ0v) is 12.0. The van der Waals surface area contributed by atoms with Crippen LogP contribution in [-0.2, 0) is 12.8 Å². The van der Waals surface area contributed by atoms with Gasteiger partial charge in [0, 0.05) is 6.54 Å². The first-order chi connectivity index (χ1) is 8.38. The molecule has 0 bridgehead atoms. The number of nitrogens with one attached hydrogen (secondary N) is 1. The molecule has 0 saturated heterocycles. The van der Waals surface area contributed by atoms with Crippen LogP contribution in [0.25, 0.3) is 0 Å². The fraction of sp³-hybridized carbons (Fsp3) is 0.769. The van der Waals surface area contributed by atoms with Gasteiger partial charge in [0.2, 0.25) is 5.95 Å². The molecule has 1 rings (SSSR count). The van der Waals surface area contributed by atoms with Crippen LogP contribution in [0.5, 0.6) is 0 Å². The molecular weight excluding hydrogens is 228 g/mol. The van der Waals surface area contributed by atoms with E-state index in [0.717, 1.165) is 24.2 Å². The first-order valence-corrected chi connectivity index (χ1v) is 6.52. The highest BCUT2D eigenvalue weighted by Crippen LogP contribution is 2.19. The summed E-state index contributed by atoms with van der Waals surface area (Å²) in [5.74, 6) is 0.493. The Morgan fingerprint density at radius 1 is 1.11 bits per heavy atom. The molecule has 2 N–H and O–H groups in total. The Labute approximate surface area is 109 Å². The summed E-state index contributed by atoms with van der Waals surface area (Å²) in [5.41, 5.74) is 1.76. The molecule has 0 aliphatic carbocycles. The Morgan fingerprint density at radius 3 is 2.22 bits per heavy atom. The van der Waals surface area contributed by atoms with Crippen molar-refractivity contribution < 1.29 is 5.11 Å². The topological polar surface area (TPSA) is 70.9 Å². The second-order valence-electron chi connectivity index (χ2n) is 5.50. The second-order valence-corrected chi connectivity index (χ2v) is 5.50. The summed E-state index contributed by atoms with van der Waals surface area (Å²) >= 11 is 0. The van der Waals surface area contributed by atoms with Crippen LogP contribution in [0.1, 0.15) is 46.0 Å². The maximum atomic E-state index is 9.94. The summed E-state index contributed by atoms with van der Waals surface area (Å²) in [5, 5.41) is 21.2. The number of hydrogen-bond donors (Lipinski definition) is 2. The first-order valence-electron chi connectivity index (χ1n) is 6.52. The lowest BCUT2D eigenvalue weighted by molar-refractivity contribution is 0.0744. The van der Waals surface area contributed by atoms with Gasteiger partial charge >= 0.3 is 0 Å². The van der Waals surface area contributed by atoms with E-state index in [0.29, 0.717) is 12.5 Å². The van der Waals surface area contributed by atoms with E-state index in [2.05, 4.69) is 27.4 Å². The molecule has 1 atom stereocenters. The average Bonchev–Trinajstić information content (AvgIpc) is 2.34. The van der Waals surface area contributed by atoms with Crippen molar-refractivity contribution in [1.29, 1.82) is 0 Å². The van der Waals surface area contributed by atoms with Gasteiger partial charge in [0.25, 0.3) is 0 Å². The van der Waals surface area contributed by atoms with Crippen molar-refractivity contribution in [2.45, 2.75) is 53.6 Å². The maximum absolute atomic E-state index is 9.94. The monoisotopic (exact) mass is 252 g/mol. The van der Waals surface area contributed by atoms with Gasteiger partial charge in [0.1, 0.15) is 0 Å². The van der Waals surface area contributed by atoms with Crippen LogP contribution in [0.4, 0.5) is 5.95 Å². The highest BCUT2D eigenvalue weighted by molar-refractivity contribution is 5.26. The molecule has 102 valence electrons. The third kappa shape index (κ3) is 3.91. The molecule has 1 heterocycles. The molecule has 0 aliphatic heterocycles. The van der Waals surface area contributed by atoms with Crippen molar-refractivity contribution in [2.75, 3.05) is 11.9 Å². The molecular formula is C13H24N4O. The lowest BCUT2D eigenvalue weighted by atomic mass is 9.89. The second kappa shape index (κ2) is 6.09. The molecule has 0 aliphatic rings. The SMILES string of the molecule is CCc1nnc(NCC(O)C(C)(C)C)nc1CC. The quantitative estimate of drug-likeness (QED) is 0.836. The molecule has 1 aromatic heterocycles. The molecule has 1 aromatic rings. The van der Waals surface area contributed by atoms with Crippen molar-refractivity contribution in [1.82, 2.24) is 15.2 Å². The number of nitrogens with zero attached hydrogens (tertiary/aromatic N) is 3. The van der Waals surface area contributed by atoms with Crippen LogP contribution in [0.2, 0.25) is 0 Å². The number of anilines is 1. The van der Waals surface area contributed by atoms with Crippen LogP contribution in [-0.4, -0.2) is 32.9 Å². The van der Waals surface area contributed by atoms with Crippen molar-refractivity contribution in [3.63, 3.8) is 0 Å². The van der Waals surface area contributed by atoms with Crippen LogP contribution >= 0.6 is 0 Å². The molecule has 0 aromatic carbocycles. The molecule has 1 unspecified atom stereocenters. The van der Waals surface area contributed by atoms with Crippen LogP contribution < -0.4 is 5.32 Å². The molecule has 0 saturated carbocycles. The fourth-order valence-electron chi connectivity index (χ4n) is 1.51. The number of aromatic nitrogens is 3. The van der Waals surface area contributed by atoms with Crippen molar-refractivity contribution in [2.24, 2.45) is 5.41 Å². The van der Waals surface area contributed by atoms with Gasteiger partial charge in [-0.1, -0.05) is 34.6 Å². The minimum Gasteiger partial charge on any atom is -0.391 e. The number of hydrogen-bond acceptors (Lipinski definition) is 5. The molecule has 0 spiro atoms.